The number of aromatic nitrogens is 3. The second-order valence-electron chi connectivity index (χ2n) is 11.1. The Labute approximate surface area is 228 Å². The Balaban J connectivity index is 1.61. The number of carbonyl (C=O) groups excluding carboxylic acids is 1. The van der Waals surface area contributed by atoms with Crippen LogP contribution in [-0.2, 0) is 23.6 Å². The van der Waals surface area contributed by atoms with Gasteiger partial charge in [0.05, 0.1) is 28.8 Å². The average Bonchev–Trinajstić information content (AvgIpc) is 3.31. The second kappa shape index (κ2) is 9.80. The van der Waals surface area contributed by atoms with Crippen LogP contribution in [-0.4, -0.2) is 52.7 Å². The van der Waals surface area contributed by atoms with Gasteiger partial charge in [-0.05, 0) is 51.5 Å². The average molecular weight is 530 g/mol. The molecular weight excluding hydrogens is 494 g/mol. The minimum Gasteiger partial charge on any atom is -0.482 e. The second-order valence-corrected chi connectivity index (χ2v) is 11.1. The number of rotatable bonds is 5. The molecule has 0 saturated heterocycles. The van der Waals surface area contributed by atoms with Crippen LogP contribution in [0.3, 0.4) is 0 Å². The molecule has 0 amide bonds. The molecule has 5 rings (SSSR count). The van der Waals surface area contributed by atoms with E-state index in [1.165, 1.54) is 0 Å². The Hall–Kier alpha value is -4.27. The Morgan fingerprint density at radius 3 is 2.44 bits per heavy atom. The van der Waals surface area contributed by atoms with Crippen molar-refractivity contribution in [3.05, 3.63) is 64.7 Å². The van der Waals surface area contributed by atoms with E-state index in [1.54, 1.807) is 16.3 Å². The molecule has 3 heterocycles. The van der Waals surface area contributed by atoms with Gasteiger partial charge in [-0.1, -0.05) is 6.07 Å². The fourth-order valence-electron chi connectivity index (χ4n) is 5.04. The van der Waals surface area contributed by atoms with E-state index in [-0.39, 0.29) is 12.2 Å². The van der Waals surface area contributed by atoms with E-state index in [4.69, 9.17) is 9.47 Å². The zero-order chi connectivity index (χ0) is 28.1. The molecule has 0 atom stereocenters. The van der Waals surface area contributed by atoms with Gasteiger partial charge in [-0.3, -0.25) is 9.48 Å². The third-order valence-corrected chi connectivity index (χ3v) is 6.92. The van der Waals surface area contributed by atoms with Crippen LogP contribution in [0.15, 0.2) is 53.6 Å². The molecule has 0 bridgehead atoms. The summed E-state index contributed by atoms with van der Waals surface area (Å²) in [5.41, 5.74) is 5.92. The molecule has 0 aliphatic carbocycles. The summed E-state index contributed by atoms with van der Waals surface area (Å²) in [6, 6.07) is 12.1. The highest BCUT2D eigenvalue weighted by Gasteiger charge is 2.25. The lowest BCUT2D eigenvalue weighted by Crippen LogP contribution is -2.36. The van der Waals surface area contributed by atoms with Gasteiger partial charge in [0.2, 0.25) is 0 Å². The predicted octanol–water partition coefficient (Wildman–Crippen LogP) is 4.56. The van der Waals surface area contributed by atoms with E-state index in [1.807, 2.05) is 65.3 Å². The Morgan fingerprint density at radius 2 is 1.74 bits per heavy atom. The first kappa shape index (κ1) is 26.3. The fraction of sp³-hybridized carbons (Fsp3) is 0.367. The predicted molar refractivity (Wildman–Crippen MR) is 154 cm³/mol. The molecule has 1 aliphatic rings. The summed E-state index contributed by atoms with van der Waals surface area (Å²) in [5.74, 6) is 0.0458. The summed E-state index contributed by atoms with van der Waals surface area (Å²) < 4.78 is 14.8. The van der Waals surface area contributed by atoms with Gasteiger partial charge in [0.1, 0.15) is 11.4 Å². The van der Waals surface area contributed by atoms with Crippen molar-refractivity contribution in [2.45, 2.75) is 33.3 Å². The normalized spacial score (nSPS) is 13.5. The van der Waals surface area contributed by atoms with Gasteiger partial charge >= 0.3 is 5.97 Å². The highest BCUT2D eigenvalue weighted by atomic mass is 16.6. The van der Waals surface area contributed by atoms with Crippen molar-refractivity contribution in [1.29, 1.82) is 0 Å². The van der Waals surface area contributed by atoms with Gasteiger partial charge in [0.25, 0.3) is 5.56 Å². The Bertz CT molecular complexity index is 1630. The summed E-state index contributed by atoms with van der Waals surface area (Å²) in [7, 11) is 5.76. The van der Waals surface area contributed by atoms with E-state index >= 15 is 0 Å². The number of nitrogens with zero attached hydrogens (tertiary/aromatic N) is 5. The van der Waals surface area contributed by atoms with Crippen molar-refractivity contribution in [1.82, 2.24) is 14.3 Å². The molecule has 0 saturated carbocycles. The molecule has 4 aromatic rings. The van der Waals surface area contributed by atoms with Crippen molar-refractivity contribution < 1.29 is 14.3 Å². The smallest absolute Gasteiger partial charge is 0.344 e. The van der Waals surface area contributed by atoms with Crippen molar-refractivity contribution in [3.8, 4) is 16.9 Å². The van der Waals surface area contributed by atoms with Crippen molar-refractivity contribution in [3.63, 3.8) is 0 Å². The number of hydrogen-bond acceptors (Lipinski definition) is 7. The molecule has 9 heteroatoms. The molecule has 0 spiro atoms. The number of esters is 1. The van der Waals surface area contributed by atoms with Crippen LogP contribution in [0.1, 0.15) is 26.3 Å². The number of aryl methyl sites for hydroxylation is 3. The van der Waals surface area contributed by atoms with Crippen LogP contribution in [0.25, 0.3) is 22.0 Å². The minimum absolute atomic E-state index is 0.0716. The molecule has 0 fully saturated rings. The third-order valence-electron chi connectivity index (χ3n) is 6.92. The number of fused-ring (bicyclic) bond motifs is 2. The van der Waals surface area contributed by atoms with Crippen LogP contribution < -0.4 is 20.1 Å². The summed E-state index contributed by atoms with van der Waals surface area (Å²) in [6.45, 7) is 8.61. The van der Waals surface area contributed by atoms with Crippen LogP contribution in [0.4, 0.5) is 17.1 Å². The molecule has 0 N–H and O–H groups in total. The molecule has 0 radical (unpaired) electrons. The fourth-order valence-corrected chi connectivity index (χ4v) is 5.04. The first-order chi connectivity index (χ1) is 18.4. The molecule has 2 aromatic heterocycles. The number of ether oxygens (including phenoxy) is 2. The van der Waals surface area contributed by atoms with Gasteiger partial charge in [-0.25, -0.2) is 4.79 Å². The SMILES string of the molecule is Cc1cc2c(N3CCN(C)c4cc(-c5cnn(C)c5)ccc43)cc(OCC(=O)OC(C)(C)C)cc2n(C)c1=O. The number of pyridine rings is 1. The van der Waals surface area contributed by atoms with E-state index in [0.717, 1.165) is 52.2 Å². The van der Waals surface area contributed by atoms with Crippen molar-refractivity contribution in [2.24, 2.45) is 14.1 Å². The lowest BCUT2D eigenvalue weighted by molar-refractivity contribution is -0.157. The highest BCUT2D eigenvalue weighted by molar-refractivity contribution is 5.98. The van der Waals surface area contributed by atoms with Gasteiger partial charge in [-0.15, -0.1) is 0 Å². The zero-order valence-electron chi connectivity index (χ0n) is 23.6. The van der Waals surface area contributed by atoms with Crippen molar-refractivity contribution in [2.75, 3.05) is 36.5 Å². The maximum absolute atomic E-state index is 12.8. The summed E-state index contributed by atoms with van der Waals surface area (Å²) >= 11 is 0. The number of benzene rings is 2. The summed E-state index contributed by atoms with van der Waals surface area (Å²) in [4.78, 5) is 29.7. The van der Waals surface area contributed by atoms with Crippen LogP contribution in [0, 0.1) is 6.92 Å². The van der Waals surface area contributed by atoms with Gasteiger partial charge < -0.3 is 23.8 Å². The van der Waals surface area contributed by atoms with Crippen molar-refractivity contribution >= 4 is 33.9 Å². The minimum atomic E-state index is -0.603. The van der Waals surface area contributed by atoms with Crippen LogP contribution in [0.5, 0.6) is 5.75 Å². The van der Waals surface area contributed by atoms with Gasteiger partial charge in [-0.2, -0.15) is 5.10 Å². The first-order valence-corrected chi connectivity index (χ1v) is 13.0. The number of anilines is 3. The highest BCUT2D eigenvalue weighted by Crippen LogP contribution is 2.43. The van der Waals surface area contributed by atoms with Gasteiger partial charge in [0, 0.05) is 69.1 Å². The lowest BCUT2D eigenvalue weighted by Gasteiger charge is -2.38. The maximum atomic E-state index is 12.8. The van der Waals surface area contributed by atoms with Crippen LogP contribution >= 0.6 is 0 Å². The maximum Gasteiger partial charge on any atom is 0.344 e. The van der Waals surface area contributed by atoms with E-state index in [0.29, 0.717) is 11.3 Å². The molecule has 204 valence electrons. The van der Waals surface area contributed by atoms with Gasteiger partial charge in [0.15, 0.2) is 6.61 Å². The quantitative estimate of drug-likeness (QED) is 0.351. The number of hydrogen-bond donors (Lipinski definition) is 0. The first-order valence-electron chi connectivity index (χ1n) is 13.0. The Morgan fingerprint density at radius 1 is 0.974 bits per heavy atom. The number of likely N-dealkylation sites (N-methyl/N-ethyl adjacent to an activating group) is 1. The Kier molecular flexibility index (Phi) is 6.62. The monoisotopic (exact) mass is 529 g/mol. The molecule has 0 unspecified atom stereocenters. The lowest BCUT2D eigenvalue weighted by atomic mass is 10.0. The summed E-state index contributed by atoms with van der Waals surface area (Å²) in [5, 5.41) is 5.26. The topological polar surface area (TPSA) is 81.8 Å². The number of carbonyl (C=O) groups is 1. The van der Waals surface area contributed by atoms with E-state index in [2.05, 4.69) is 40.1 Å². The van der Waals surface area contributed by atoms with E-state index in [9.17, 15) is 9.59 Å². The third kappa shape index (κ3) is 5.21. The standard InChI is InChI=1S/C30H35N5O4/c1-19-12-23-25(34(7)29(19)37)14-22(38-18-28(36)39-30(2,3)4)15-26(23)35-11-10-32(5)27-13-20(8-9-24(27)35)21-16-31-33(6)17-21/h8-9,12-17H,10-11,18H2,1-7H3. The van der Waals surface area contributed by atoms with E-state index < -0.39 is 11.6 Å². The molecule has 1 aliphatic heterocycles. The summed E-state index contributed by atoms with van der Waals surface area (Å²) in [6.07, 6.45) is 3.87. The zero-order valence-corrected chi connectivity index (χ0v) is 23.6. The van der Waals surface area contributed by atoms with Crippen LogP contribution in [0.2, 0.25) is 0 Å². The molecule has 39 heavy (non-hydrogen) atoms. The molecule has 9 nitrogen and oxygen atoms in total. The molecule has 2 aromatic carbocycles. The largest absolute Gasteiger partial charge is 0.482 e. The molecular formula is C30H35N5O4.